The van der Waals surface area contributed by atoms with Crippen molar-refractivity contribution in [2.45, 2.75) is 6.54 Å². The van der Waals surface area contributed by atoms with Crippen LogP contribution in [0.2, 0.25) is 0 Å². The van der Waals surface area contributed by atoms with Crippen LogP contribution in [0, 0.1) is 0 Å². The van der Waals surface area contributed by atoms with Crippen LogP contribution in [0.5, 0.6) is 5.75 Å². The Bertz CT molecular complexity index is 688. The van der Waals surface area contributed by atoms with Gasteiger partial charge in [-0.2, -0.15) is 0 Å². The van der Waals surface area contributed by atoms with Crippen molar-refractivity contribution >= 4 is 5.69 Å². The second-order valence-corrected chi connectivity index (χ2v) is 4.10. The van der Waals surface area contributed by atoms with Crippen molar-refractivity contribution in [3.8, 4) is 5.75 Å². The summed E-state index contributed by atoms with van der Waals surface area (Å²) in [4.78, 5) is 23.1. The molecule has 0 unspecified atom stereocenters. The molecule has 100 valence electrons. The number of nitrogen functional groups attached to an aromatic ring is 1. The second kappa shape index (κ2) is 5.43. The molecule has 2 aromatic rings. The number of hydrogen-bond donors (Lipinski definition) is 1. The molecule has 0 aliphatic heterocycles. The highest BCUT2D eigenvalue weighted by Crippen LogP contribution is 2.19. The number of nitrogens with two attached hydrogens (primary N) is 1. The van der Waals surface area contributed by atoms with Crippen LogP contribution in [0.15, 0.2) is 46.2 Å². The summed E-state index contributed by atoms with van der Waals surface area (Å²) in [5.74, 6) is 0.569. The molecular weight excluding hydrogens is 246 g/mol. The minimum Gasteiger partial charge on any atom is -0.490 e. The van der Waals surface area contributed by atoms with E-state index >= 15 is 0 Å². The van der Waals surface area contributed by atoms with Crippen LogP contribution >= 0.6 is 0 Å². The Balaban J connectivity index is 2.05. The van der Waals surface area contributed by atoms with Crippen molar-refractivity contribution in [2.75, 3.05) is 12.3 Å². The van der Waals surface area contributed by atoms with E-state index < -0.39 is 11.1 Å². The van der Waals surface area contributed by atoms with Crippen molar-refractivity contribution in [2.24, 2.45) is 7.05 Å². The Morgan fingerprint density at radius 3 is 2.63 bits per heavy atom. The first-order valence-corrected chi connectivity index (χ1v) is 5.83. The normalized spacial score (nSPS) is 10.4. The van der Waals surface area contributed by atoms with Crippen LogP contribution in [0.3, 0.4) is 0 Å². The predicted molar refractivity (Wildman–Crippen MR) is 72.3 cm³/mol. The van der Waals surface area contributed by atoms with Crippen molar-refractivity contribution in [3.63, 3.8) is 0 Å². The monoisotopic (exact) mass is 261 g/mol. The lowest BCUT2D eigenvalue weighted by Gasteiger charge is -2.10. The van der Waals surface area contributed by atoms with Crippen molar-refractivity contribution < 1.29 is 4.74 Å². The molecule has 1 heterocycles. The molecule has 2 rings (SSSR count). The van der Waals surface area contributed by atoms with Gasteiger partial charge in [0.15, 0.2) is 0 Å². The number of para-hydroxylation sites is 2. The lowest BCUT2D eigenvalue weighted by atomic mass is 10.3. The summed E-state index contributed by atoms with van der Waals surface area (Å²) in [6.45, 7) is 0.560. The fourth-order valence-corrected chi connectivity index (χ4v) is 1.63. The van der Waals surface area contributed by atoms with Crippen molar-refractivity contribution in [1.82, 2.24) is 9.13 Å². The van der Waals surface area contributed by atoms with Crippen LogP contribution in [0.1, 0.15) is 0 Å². The zero-order chi connectivity index (χ0) is 13.8. The highest BCUT2D eigenvalue weighted by molar-refractivity contribution is 5.51. The molecule has 1 aromatic heterocycles. The molecule has 6 nitrogen and oxygen atoms in total. The smallest absolute Gasteiger partial charge is 0.316 e. The Morgan fingerprint density at radius 1 is 1.16 bits per heavy atom. The molecule has 0 atom stereocenters. The van der Waals surface area contributed by atoms with Gasteiger partial charge in [-0.3, -0.25) is 9.59 Å². The molecule has 0 aliphatic carbocycles. The van der Waals surface area contributed by atoms with Gasteiger partial charge in [0.1, 0.15) is 12.4 Å². The maximum atomic E-state index is 11.6. The Morgan fingerprint density at radius 2 is 1.89 bits per heavy atom. The molecular formula is C13H15N3O3. The third-order valence-corrected chi connectivity index (χ3v) is 2.74. The highest BCUT2D eigenvalue weighted by atomic mass is 16.5. The van der Waals surface area contributed by atoms with Gasteiger partial charge in [-0.15, -0.1) is 0 Å². The number of benzene rings is 1. The number of ether oxygens (including phenoxy) is 1. The Kier molecular flexibility index (Phi) is 3.70. The number of anilines is 1. The summed E-state index contributed by atoms with van der Waals surface area (Å²) in [7, 11) is 1.54. The lowest BCUT2D eigenvalue weighted by molar-refractivity contribution is 0.297. The molecule has 1 aromatic carbocycles. The van der Waals surface area contributed by atoms with Gasteiger partial charge in [0, 0.05) is 19.4 Å². The molecule has 6 heteroatoms. The average Bonchev–Trinajstić information content (AvgIpc) is 2.41. The van der Waals surface area contributed by atoms with E-state index in [-0.39, 0.29) is 6.61 Å². The van der Waals surface area contributed by atoms with Gasteiger partial charge in [-0.25, -0.2) is 0 Å². The van der Waals surface area contributed by atoms with E-state index in [9.17, 15) is 9.59 Å². The zero-order valence-corrected chi connectivity index (χ0v) is 10.6. The Hall–Kier alpha value is -2.50. The van der Waals surface area contributed by atoms with Gasteiger partial charge in [-0.05, 0) is 12.1 Å². The minimum absolute atomic E-state index is 0.265. The van der Waals surface area contributed by atoms with E-state index in [1.165, 1.54) is 16.2 Å². The van der Waals surface area contributed by atoms with E-state index in [1.54, 1.807) is 24.5 Å². The Labute approximate surface area is 109 Å². The fourth-order valence-electron chi connectivity index (χ4n) is 1.63. The van der Waals surface area contributed by atoms with Crippen LogP contribution in [0.4, 0.5) is 5.69 Å². The maximum Gasteiger partial charge on any atom is 0.316 e. The van der Waals surface area contributed by atoms with E-state index in [0.717, 1.165) is 0 Å². The van der Waals surface area contributed by atoms with E-state index in [2.05, 4.69) is 0 Å². The SMILES string of the molecule is Cn1ccn(CCOc2ccccc2N)c(=O)c1=O. The summed E-state index contributed by atoms with van der Waals surface area (Å²) >= 11 is 0. The quantitative estimate of drug-likeness (QED) is 0.630. The molecule has 0 amide bonds. The summed E-state index contributed by atoms with van der Waals surface area (Å²) in [5.41, 5.74) is 5.15. The first-order valence-electron chi connectivity index (χ1n) is 5.83. The van der Waals surface area contributed by atoms with Gasteiger partial charge in [0.05, 0.1) is 12.2 Å². The number of aryl methyl sites for hydroxylation is 1. The van der Waals surface area contributed by atoms with Crippen LogP contribution < -0.4 is 21.6 Å². The molecule has 2 N–H and O–H groups in total. The number of rotatable bonds is 4. The number of aromatic nitrogens is 2. The van der Waals surface area contributed by atoms with Crippen LogP contribution in [0.25, 0.3) is 0 Å². The molecule has 0 saturated heterocycles. The first-order chi connectivity index (χ1) is 9.09. The molecule has 0 spiro atoms. The highest BCUT2D eigenvalue weighted by Gasteiger charge is 2.03. The molecule has 19 heavy (non-hydrogen) atoms. The van der Waals surface area contributed by atoms with Gasteiger partial charge >= 0.3 is 11.1 Å². The molecule has 0 fully saturated rings. The maximum absolute atomic E-state index is 11.6. The van der Waals surface area contributed by atoms with Crippen molar-refractivity contribution in [3.05, 3.63) is 57.4 Å². The standard InChI is InChI=1S/C13H15N3O3/c1-15-6-7-16(13(18)12(15)17)8-9-19-11-5-3-2-4-10(11)14/h2-7H,8-9,14H2,1H3. The molecule has 0 saturated carbocycles. The van der Waals surface area contributed by atoms with E-state index in [0.29, 0.717) is 18.0 Å². The summed E-state index contributed by atoms with van der Waals surface area (Å²) in [6, 6.07) is 7.12. The summed E-state index contributed by atoms with van der Waals surface area (Å²) in [5, 5.41) is 0. The van der Waals surface area contributed by atoms with Crippen LogP contribution in [-0.2, 0) is 13.6 Å². The number of nitrogens with zero attached hydrogens (tertiary/aromatic N) is 2. The minimum atomic E-state index is -0.561. The topological polar surface area (TPSA) is 79.2 Å². The predicted octanol–water partition coefficient (Wildman–Crippen LogP) is 0.208. The van der Waals surface area contributed by atoms with E-state index in [4.69, 9.17) is 10.5 Å². The molecule has 0 bridgehead atoms. The second-order valence-electron chi connectivity index (χ2n) is 4.10. The molecule has 0 aliphatic rings. The fraction of sp³-hybridized carbons (Fsp3) is 0.231. The van der Waals surface area contributed by atoms with Gasteiger partial charge in [0.2, 0.25) is 0 Å². The third kappa shape index (κ3) is 2.85. The van der Waals surface area contributed by atoms with Gasteiger partial charge in [-0.1, -0.05) is 12.1 Å². The zero-order valence-electron chi connectivity index (χ0n) is 10.6. The van der Waals surface area contributed by atoms with Gasteiger partial charge in [0.25, 0.3) is 0 Å². The summed E-state index contributed by atoms with van der Waals surface area (Å²) < 4.78 is 8.04. The molecule has 0 radical (unpaired) electrons. The van der Waals surface area contributed by atoms with Crippen molar-refractivity contribution in [1.29, 1.82) is 0 Å². The largest absolute Gasteiger partial charge is 0.490 e. The number of hydrogen-bond acceptors (Lipinski definition) is 4. The lowest BCUT2D eigenvalue weighted by Crippen LogP contribution is -2.40. The first kappa shape index (κ1) is 12.9. The van der Waals surface area contributed by atoms with E-state index in [1.807, 2.05) is 12.1 Å². The summed E-state index contributed by atoms with van der Waals surface area (Å²) in [6.07, 6.45) is 3.10. The van der Waals surface area contributed by atoms with Crippen LogP contribution in [-0.4, -0.2) is 15.7 Å². The average molecular weight is 261 g/mol. The third-order valence-electron chi connectivity index (χ3n) is 2.74. The van der Waals surface area contributed by atoms with Gasteiger partial charge < -0.3 is 19.6 Å².